The van der Waals surface area contributed by atoms with Gasteiger partial charge in [-0.25, -0.2) is 0 Å². The topological polar surface area (TPSA) is 6.48 Å². The molecule has 8 aromatic rings. The maximum absolute atomic E-state index is 2.53. The van der Waals surface area contributed by atoms with Gasteiger partial charge in [-0.2, -0.15) is 0 Å². The Labute approximate surface area is 376 Å². The molecule has 306 valence electrons. The molecule has 1 fully saturated rings. The lowest BCUT2D eigenvalue weighted by atomic mass is 9.76. The van der Waals surface area contributed by atoms with Gasteiger partial charge in [0.15, 0.2) is 0 Å². The first kappa shape index (κ1) is 37.2. The summed E-state index contributed by atoms with van der Waals surface area (Å²) in [5, 5.41) is 0. The molecule has 0 unspecified atom stereocenters. The molecule has 3 aliphatic carbocycles. The summed E-state index contributed by atoms with van der Waals surface area (Å²) >= 11 is 0. The van der Waals surface area contributed by atoms with E-state index in [4.69, 9.17) is 0 Å². The summed E-state index contributed by atoms with van der Waals surface area (Å²) in [6, 6.07) is 63.8. The van der Waals surface area contributed by atoms with Gasteiger partial charge in [-0.05, 0) is 139 Å². The van der Waals surface area contributed by atoms with Crippen molar-refractivity contribution in [2.75, 3.05) is 9.80 Å². The summed E-state index contributed by atoms with van der Waals surface area (Å²) in [6.45, 7) is 4.79. The van der Waals surface area contributed by atoms with Gasteiger partial charge in [-0.1, -0.05) is 184 Å². The second-order valence-corrected chi connectivity index (χ2v) is 18.9. The lowest BCUT2D eigenvalue weighted by molar-refractivity contribution is 0.550. The van der Waals surface area contributed by atoms with Gasteiger partial charge < -0.3 is 9.80 Å². The van der Waals surface area contributed by atoms with Crippen molar-refractivity contribution in [3.8, 4) is 22.3 Å². The molecule has 0 radical (unpaired) electrons. The van der Waals surface area contributed by atoms with E-state index < -0.39 is 0 Å². The standard InChI is InChI=1S/C62H48N2/c1-61(2)53-37-41(23-31-49(53)50-33-29-47(39-54(50)61)63-57-17-7-3-13-43(57)25-26-44-14-4-8-18-58(44)63)21-22-42-24-32-51-52-34-30-48(40-56(52)62(55(51)38-42)35-11-12-36-62)64-59-19-9-5-15-45(59)27-28-46-16-6-10-20-60(46)64/h3-10,13-34,37-40H,11-12,35-36H2,1-2H3/b22-21+. The predicted octanol–water partition coefficient (Wildman–Crippen LogP) is 16.9. The zero-order valence-electron chi connectivity index (χ0n) is 36.4. The van der Waals surface area contributed by atoms with Crippen molar-refractivity contribution < 1.29 is 0 Å². The van der Waals surface area contributed by atoms with Gasteiger partial charge in [0, 0.05) is 22.2 Å². The van der Waals surface area contributed by atoms with Crippen molar-refractivity contribution in [1.29, 1.82) is 0 Å². The Hall–Kier alpha value is -7.42. The van der Waals surface area contributed by atoms with Crippen LogP contribution < -0.4 is 9.80 Å². The Kier molecular flexibility index (Phi) is 8.15. The summed E-state index contributed by atoms with van der Waals surface area (Å²) in [5.41, 5.74) is 25.8. The Morgan fingerprint density at radius 2 is 0.719 bits per heavy atom. The highest BCUT2D eigenvalue weighted by atomic mass is 15.2. The highest BCUT2D eigenvalue weighted by Gasteiger charge is 2.45. The molecule has 2 aliphatic heterocycles. The van der Waals surface area contributed by atoms with Gasteiger partial charge in [-0.15, -0.1) is 0 Å². The highest BCUT2D eigenvalue weighted by molar-refractivity contribution is 5.96. The number of anilines is 6. The second-order valence-electron chi connectivity index (χ2n) is 18.9. The van der Waals surface area contributed by atoms with E-state index in [9.17, 15) is 0 Å². The molecule has 0 aromatic heterocycles. The first-order valence-corrected chi connectivity index (χ1v) is 23.0. The van der Waals surface area contributed by atoms with Crippen LogP contribution in [0.15, 0.2) is 170 Å². The smallest absolute Gasteiger partial charge is 0.0534 e. The molecule has 0 N–H and O–H groups in total. The first-order valence-electron chi connectivity index (χ1n) is 23.0. The molecule has 2 nitrogen and oxygen atoms in total. The fraction of sp³-hybridized carbons (Fsp3) is 0.129. The molecule has 0 amide bonds. The van der Waals surface area contributed by atoms with E-state index in [1.54, 1.807) is 0 Å². The maximum Gasteiger partial charge on any atom is 0.0534 e. The van der Waals surface area contributed by atoms with E-state index in [2.05, 4.69) is 230 Å². The molecule has 64 heavy (non-hydrogen) atoms. The largest absolute Gasteiger partial charge is 0.309 e. The summed E-state index contributed by atoms with van der Waals surface area (Å²) in [5.74, 6) is 0. The molecule has 0 bridgehead atoms. The van der Waals surface area contributed by atoms with E-state index in [-0.39, 0.29) is 10.8 Å². The van der Waals surface area contributed by atoms with Crippen molar-refractivity contribution in [3.05, 3.63) is 225 Å². The molecule has 5 aliphatic rings. The Bertz CT molecular complexity index is 3230. The van der Waals surface area contributed by atoms with E-state index >= 15 is 0 Å². The lowest BCUT2D eigenvalue weighted by Crippen LogP contribution is -2.21. The Balaban J connectivity index is 0.828. The molecular weight excluding hydrogens is 773 g/mol. The average Bonchev–Trinajstić information content (AvgIpc) is 3.91. The fourth-order valence-corrected chi connectivity index (χ4v) is 11.9. The van der Waals surface area contributed by atoms with E-state index in [0.717, 1.165) is 0 Å². The molecule has 0 atom stereocenters. The van der Waals surface area contributed by atoms with Crippen LogP contribution in [-0.4, -0.2) is 0 Å². The maximum atomic E-state index is 2.53. The molecule has 1 spiro atoms. The van der Waals surface area contributed by atoms with Gasteiger partial charge in [0.2, 0.25) is 0 Å². The van der Waals surface area contributed by atoms with Crippen LogP contribution in [0.2, 0.25) is 0 Å². The quantitative estimate of drug-likeness (QED) is 0.163. The van der Waals surface area contributed by atoms with E-state index in [1.807, 2.05) is 0 Å². The minimum atomic E-state index is -0.158. The van der Waals surface area contributed by atoms with Crippen LogP contribution >= 0.6 is 0 Å². The SMILES string of the molecule is CC1(C)c2cc(/C=C/c3ccc4c(c3)C3(CCCC3)c3cc(N5c6ccccc6C=Cc6ccccc65)ccc3-4)ccc2-c2ccc(N3c4ccccc4C=Cc4ccccc43)cc21. The average molecular weight is 821 g/mol. The van der Waals surface area contributed by atoms with Gasteiger partial charge in [0.25, 0.3) is 0 Å². The third kappa shape index (κ3) is 5.51. The zero-order valence-corrected chi connectivity index (χ0v) is 36.4. The minimum Gasteiger partial charge on any atom is -0.309 e. The molecular formula is C62H48N2. The van der Waals surface area contributed by atoms with Crippen LogP contribution in [0.5, 0.6) is 0 Å². The molecule has 2 heterocycles. The molecule has 13 rings (SSSR count). The molecule has 8 aromatic carbocycles. The summed E-state index contributed by atoms with van der Waals surface area (Å²) in [6.07, 6.45) is 18.6. The van der Waals surface area contributed by atoms with Crippen LogP contribution in [-0.2, 0) is 10.8 Å². The first-order chi connectivity index (χ1) is 31.4. The monoisotopic (exact) mass is 820 g/mol. The van der Waals surface area contributed by atoms with Crippen LogP contribution in [0.25, 0.3) is 58.7 Å². The normalized spacial score (nSPS) is 16.3. The Morgan fingerprint density at radius 3 is 1.17 bits per heavy atom. The zero-order chi connectivity index (χ0) is 42.6. The molecule has 0 saturated heterocycles. The van der Waals surface area contributed by atoms with Gasteiger partial charge in [0.1, 0.15) is 0 Å². The van der Waals surface area contributed by atoms with Crippen LogP contribution in [0.1, 0.15) is 95.2 Å². The van der Waals surface area contributed by atoms with Gasteiger partial charge in [-0.3, -0.25) is 0 Å². The number of nitrogens with zero attached hydrogens (tertiary/aromatic N) is 2. The Morgan fingerprint density at radius 1 is 0.375 bits per heavy atom. The fourth-order valence-electron chi connectivity index (χ4n) is 11.9. The molecule has 1 saturated carbocycles. The lowest BCUT2D eigenvalue weighted by Gasteiger charge is -2.30. The minimum absolute atomic E-state index is 0.0316. The van der Waals surface area contributed by atoms with Crippen LogP contribution in [0, 0.1) is 0 Å². The predicted molar refractivity (Wildman–Crippen MR) is 271 cm³/mol. The number of fused-ring (bicyclic) bond motifs is 12. The van der Waals surface area contributed by atoms with E-state index in [0.29, 0.717) is 0 Å². The van der Waals surface area contributed by atoms with Crippen LogP contribution in [0.4, 0.5) is 34.1 Å². The summed E-state index contributed by atoms with van der Waals surface area (Å²) in [7, 11) is 0. The summed E-state index contributed by atoms with van der Waals surface area (Å²) < 4.78 is 0. The third-order valence-electron chi connectivity index (χ3n) is 15.1. The number of rotatable bonds is 4. The second kappa shape index (κ2) is 14.0. The third-order valence-corrected chi connectivity index (χ3v) is 15.1. The van der Waals surface area contributed by atoms with E-state index in [1.165, 1.54) is 138 Å². The number of hydrogen-bond acceptors (Lipinski definition) is 2. The number of benzene rings is 8. The van der Waals surface area contributed by atoms with Crippen molar-refractivity contribution in [1.82, 2.24) is 0 Å². The van der Waals surface area contributed by atoms with Crippen LogP contribution in [0.3, 0.4) is 0 Å². The van der Waals surface area contributed by atoms with Crippen molar-refractivity contribution >= 4 is 70.6 Å². The number of hydrogen-bond donors (Lipinski definition) is 0. The van der Waals surface area contributed by atoms with Gasteiger partial charge in [0.05, 0.1) is 22.7 Å². The van der Waals surface area contributed by atoms with Crippen molar-refractivity contribution in [2.24, 2.45) is 0 Å². The summed E-state index contributed by atoms with van der Waals surface area (Å²) in [4.78, 5) is 4.92. The van der Waals surface area contributed by atoms with Gasteiger partial charge >= 0.3 is 0 Å². The van der Waals surface area contributed by atoms with Crippen molar-refractivity contribution in [2.45, 2.75) is 50.4 Å². The number of para-hydroxylation sites is 4. The molecule has 2 heteroatoms. The van der Waals surface area contributed by atoms with Crippen molar-refractivity contribution in [3.63, 3.8) is 0 Å². The highest BCUT2D eigenvalue weighted by Crippen LogP contribution is 2.59.